The molecule has 0 radical (unpaired) electrons. The van der Waals surface area contributed by atoms with Gasteiger partial charge in [-0.3, -0.25) is 15.4 Å². The molecule has 1 saturated heterocycles. The standard InChI is InChI=1S/C19H17N3O4S/c23-19(24)20-16-13-17(21-8-10-27-11-9-21)15(12-18(16)22(25)26)7-6-14-4-2-1-3-5-14/h1-5,12-13,20H,8-11H2,(H,23,24). The monoisotopic (exact) mass is 383 g/mol. The number of nitrogens with one attached hydrogen (secondary N) is 1. The lowest BCUT2D eigenvalue weighted by molar-refractivity contribution is -0.383. The minimum Gasteiger partial charge on any atom is -0.465 e. The first-order chi connectivity index (χ1) is 13.0. The molecule has 1 fully saturated rings. The number of rotatable bonds is 3. The second-order valence-electron chi connectivity index (χ2n) is 5.79. The maximum Gasteiger partial charge on any atom is 0.409 e. The molecular weight excluding hydrogens is 366 g/mol. The zero-order valence-electron chi connectivity index (χ0n) is 14.3. The van der Waals surface area contributed by atoms with E-state index in [4.69, 9.17) is 5.11 Å². The van der Waals surface area contributed by atoms with Gasteiger partial charge in [0.1, 0.15) is 5.69 Å². The van der Waals surface area contributed by atoms with Crippen LogP contribution in [0.2, 0.25) is 0 Å². The Labute approximate surface area is 160 Å². The lowest BCUT2D eigenvalue weighted by atomic mass is 10.1. The Morgan fingerprint density at radius 2 is 1.89 bits per heavy atom. The molecule has 1 aliphatic rings. The second kappa shape index (κ2) is 8.47. The van der Waals surface area contributed by atoms with Gasteiger partial charge in [-0.2, -0.15) is 11.8 Å². The normalized spacial score (nSPS) is 13.4. The van der Waals surface area contributed by atoms with Gasteiger partial charge in [0.25, 0.3) is 5.69 Å². The molecule has 27 heavy (non-hydrogen) atoms. The van der Waals surface area contributed by atoms with E-state index >= 15 is 0 Å². The summed E-state index contributed by atoms with van der Waals surface area (Å²) in [7, 11) is 0. The maximum absolute atomic E-state index is 11.4. The van der Waals surface area contributed by atoms with E-state index < -0.39 is 11.0 Å². The molecule has 0 aromatic heterocycles. The molecular formula is C19H17N3O4S. The minimum absolute atomic E-state index is 0.0500. The molecule has 8 heteroatoms. The Morgan fingerprint density at radius 1 is 1.19 bits per heavy atom. The Balaban J connectivity index is 2.10. The van der Waals surface area contributed by atoms with Crippen molar-refractivity contribution in [3.05, 3.63) is 63.7 Å². The molecule has 1 heterocycles. The van der Waals surface area contributed by atoms with Crippen LogP contribution in [0.15, 0.2) is 42.5 Å². The van der Waals surface area contributed by atoms with Crippen molar-refractivity contribution in [2.45, 2.75) is 0 Å². The summed E-state index contributed by atoms with van der Waals surface area (Å²) in [6, 6.07) is 12.2. The van der Waals surface area contributed by atoms with E-state index in [-0.39, 0.29) is 11.4 Å². The number of benzene rings is 2. The minimum atomic E-state index is -1.35. The summed E-state index contributed by atoms with van der Waals surface area (Å²) >= 11 is 1.84. The summed E-state index contributed by atoms with van der Waals surface area (Å²) in [4.78, 5) is 24.0. The van der Waals surface area contributed by atoms with Gasteiger partial charge in [-0.25, -0.2) is 4.79 Å². The van der Waals surface area contributed by atoms with Crippen molar-refractivity contribution >= 4 is 34.9 Å². The number of anilines is 2. The molecule has 0 spiro atoms. The highest BCUT2D eigenvalue weighted by Crippen LogP contribution is 2.34. The average Bonchev–Trinajstić information content (AvgIpc) is 2.67. The van der Waals surface area contributed by atoms with Gasteiger partial charge in [-0.15, -0.1) is 0 Å². The Hall–Kier alpha value is -3.18. The molecule has 138 valence electrons. The van der Waals surface area contributed by atoms with Gasteiger partial charge in [0.2, 0.25) is 0 Å². The number of hydrogen-bond donors (Lipinski definition) is 2. The zero-order valence-corrected chi connectivity index (χ0v) is 15.2. The first-order valence-corrected chi connectivity index (χ1v) is 9.42. The van der Waals surface area contributed by atoms with Gasteiger partial charge < -0.3 is 10.0 Å². The van der Waals surface area contributed by atoms with E-state index in [0.717, 1.165) is 30.2 Å². The summed E-state index contributed by atoms with van der Waals surface area (Å²) < 4.78 is 0. The molecule has 2 N–H and O–H groups in total. The maximum atomic E-state index is 11.4. The summed E-state index contributed by atoms with van der Waals surface area (Å²) in [5.74, 6) is 7.92. The highest BCUT2D eigenvalue weighted by atomic mass is 32.2. The third kappa shape index (κ3) is 4.71. The van der Waals surface area contributed by atoms with Crippen LogP contribution < -0.4 is 10.2 Å². The van der Waals surface area contributed by atoms with Crippen LogP contribution in [0.3, 0.4) is 0 Å². The van der Waals surface area contributed by atoms with Gasteiger partial charge in [-0.1, -0.05) is 30.0 Å². The average molecular weight is 383 g/mol. The Bertz CT molecular complexity index is 916. The van der Waals surface area contributed by atoms with E-state index in [2.05, 4.69) is 22.1 Å². The van der Waals surface area contributed by atoms with Crippen LogP contribution in [0.25, 0.3) is 0 Å². The number of amides is 1. The summed E-state index contributed by atoms with van der Waals surface area (Å²) in [5.41, 5.74) is 1.64. The van der Waals surface area contributed by atoms with Crippen LogP contribution in [-0.2, 0) is 0 Å². The summed E-state index contributed by atoms with van der Waals surface area (Å²) in [6.07, 6.45) is -1.35. The van der Waals surface area contributed by atoms with E-state index in [1.807, 2.05) is 42.1 Å². The van der Waals surface area contributed by atoms with Gasteiger partial charge in [0.05, 0.1) is 16.2 Å². The molecule has 0 unspecified atom stereocenters. The SMILES string of the molecule is O=C(O)Nc1cc(N2CCSCC2)c(C#Cc2ccccc2)cc1[N+](=O)[O-]. The second-order valence-corrected chi connectivity index (χ2v) is 7.01. The summed E-state index contributed by atoms with van der Waals surface area (Å²) in [5, 5.41) is 22.6. The number of hydrogen-bond acceptors (Lipinski definition) is 5. The van der Waals surface area contributed by atoms with Crippen molar-refractivity contribution in [1.29, 1.82) is 0 Å². The first-order valence-electron chi connectivity index (χ1n) is 8.27. The van der Waals surface area contributed by atoms with E-state index in [9.17, 15) is 14.9 Å². The molecule has 0 aliphatic carbocycles. The van der Waals surface area contributed by atoms with Gasteiger partial charge in [0, 0.05) is 36.2 Å². The predicted octanol–water partition coefficient (Wildman–Crippen LogP) is 3.64. The Kier molecular flexibility index (Phi) is 5.84. The van der Waals surface area contributed by atoms with Crippen molar-refractivity contribution in [3.63, 3.8) is 0 Å². The van der Waals surface area contributed by atoms with Crippen LogP contribution in [0.4, 0.5) is 21.9 Å². The quantitative estimate of drug-likeness (QED) is 0.477. The van der Waals surface area contributed by atoms with E-state index in [0.29, 0.717) is 11.3 Å². The van der Waals surface area contributed by atoms with Crippen LogP contribution in [0, 0.1) is 22.0 Å². The fourth-order valence-electron chi connectivity index (χ4n) is 2.77. The predicted molar refractivity (Wildman–Crippen MR) is 107 cm³/mol. The number of carboxylic acid groups (broad SMARTS) is 1. The topological polar surface area (TPSA) is 95.7 Å². The molecule has 3 rings (SSSR count). The number of thioether (sulfide) groups is 1. The van der Waals surface area contributed by atoms with Crippen molar-refractivity contribution < 1.29 is 14.8 Å². The number of nitrogens with zero attached hydrogens (tertiary/aromatic N) is 2. The van der Waals surface area contributed by atoms with E-state index in [1.54, 1.807) is 0 Å². The molecule has 0 saturated carbocycles. The fraction of sp³-hybridized carbons (Fsp3) is 0.211. The molecule has 0 atom stereocenters. The smallest absolute Gasteiger partial charge is 0.409 e. The lowest BCUT2D eigenvalue weighted by Crippen LogP contribution is -2.33. The summed E-state index contributed by atoms with van der Waals surface area (Å²) in [6.45, 7) is 1.55. The molecule has 7 nitrogen and oxygen atoms in total. The first kappa shape index (κ1) is 18.6. The van der Waals surface area contributed by atoms with Crippen molar-refractivity contribution in [2.75, 3.05) is 34.8 Å². The third-order valence-electron chi connectivity index (χ3n) is 4.02. The van der Waals surface area contributed by atoms with Crippen LogP contribution >= 0.6 is 11.8 Å². The van der Waals surface area contributed by atoms with E-state index in [1.165, 1.54) is 12.1 Å². The third-order valence-corrected chi connectivity index (χ3v) is 4.96. The van der Waals surface area contributed by atoms with Crippen LogP contribution in [0.1, 0.15) is 11.1 Å². The molecule has 2 aromatic rings. The molecule has 1 amide bonds. The van der Waals surface area contributed by atoms with Gasteiger partial charge in [0.15, 0.2) is 0 Å². The largest absolute Gasteiger partial charge is 0.465 e. The lowest BCUT2D eigenvalue weighted by Gasteiger charge is -2.29. The van der Waals surface area contributed by atoms with Gasteiger partial charge in [-0.05, 0) is 18.2 Å². The van der Waals surface area contributed by atoms with Crippen molar-refractivity contribution in [2.24, 2.45) is 0 Å². The molecule has 1 aliphatic heterocycles. The van der Waals surface area contributed by atoms with Gasteiger partial charge >= 0.3 is 6.09 Å². The zero-order chi connectivity index (χ0) is 19.2. The fourth-order valence-corrected chi connectivity index (χ4v) is 3.67. The molecule has 2 aromatic carbocycles. The highest BCUT2D eigenvalue weighted by molar-refractivity contribution is 7.99. The number of nitro groups is 1. The Morgan fingerprint density at radius 3 is 2.52 bits per heavy atom. The van der Waals surface area contributed by atoms with Crippen LogP contribution in [-0.4, -0.2) is 40.7 Å². The number of carbonyl (C=O) groups is 1. The van der Waals surface area contributed by atoms with Crippen molar-refractivity contribution in [3.8, 4) is 11.8 Å². The highest BCUT2D eigenvalue weighted by Gasteiger charge is 2.23. The molecule has 0 bridgehead atoms. The van der Waals surface area contributed by atoms with Crippen molar-refractivity contribution in [1.82, 2.24) is 0 Å². The number of nitro benzene ring substituents is 1. The van der Waals surface area contributed by atoms with Crippen LogP contribution in [0.5, 0.6) is 0 Å².